The van der Waals surface area contributed by atoms with E-state index in [1.54, 1.807) is 13.2 Å². The molecule has 2 fully saturated rings. The molecule has 6 heteroatoms. The average Bonchev–Trinajstić information content (AvgIpc) is 2.91. The van der Waals surface area contributed by atoms with Gasteiger partial charge in [0, 0.05) is 43.2 Å². The van der Waals surface area contributed by atoms with Crippen LogP contribution in [0.2, 0.25) is 0 Å². The number of hydrogen-bond donors (Lipinski definition) is 3. The van der Waals surface area contributed by atoms with Crippen molar-refractivity contribution in [3.63, 3.8) is 0 Å². The summed E-state index contributed by atoms with van der Waals surface area (Å²) in [5, 5.41) is 31.1. The zero-order chi connectivity index (χ0) is 25.2. The van der Waals surface area contributed by atoms with Crippen molar-refractivity contribution in [2.24, 2.45) is 34.1 Å². The van der Waals surface area contributed by atoms with Crippen LogP contribution in [-0.4, -0.2) is 51.7 Å². The van der Waals surface area contributed by atoms with Crippen LogP contribution < -0.4 is 0 Å². The normalized spacial score (nSPS) is 38.8. The number of nitrogens with zero attached hydrogens (tertiary/aromatic N) is 2. The van der Waals surface area contributed by atoms with E-state index >= 15 is 0 Å². The highest BCUT2D eigenvalue weighted by Crippen LogP contribution is 2.57. The second-order valence-corrected chi connectivity index (χ2v) is 11.3. The van der Waals surface area contributed by atoms with Gasteiger partial charge in [-0.2, -0.15) is 0 Å². The smallest absolute Gasteiger partial charge is 0.164 e. The highest BCUT2D eigenvalue weighted by Gasteiger charge is 2.53. The molecule has 0 spiro atoms. The van der Waals surface area contributed by atoms with E-state index in [9.17, 15) is 15.0 Å². The van der Waals surface area contributed by atoms with Crippen molar-refractivity contribution in [3.8, 4) is 0 Å². The first-order valence-corrected chi connectivity index (χ1v) is 13.2. The van der Waals surface area contributed by atoms with Gasteiger partial charge in [-0.3, -0.25) is 14.8 Å². The Morgan fingerprint density at radius 2 is 2.06 bits per heavy atom. The lowest BCUT2D eigenvalue weighted by atomic mass is 9.51. The van der Waals surface area contributed by atoms with Crippen molar-refractivity contribution >= 4 is 17.7 Å². The molecule has 190 valence electrons. The Morgan fingerprint density at radius 3 is 2.74 bits per heavy atom. The lowest BCUT2D eigenvalue weighted by molar-refractivity contribution is -0.139. The zero-order valence-corrected chi connectivity index (χ0v) is 21.4. The van der Waals surface area contributed by atoms with Gasteiger partial charge in [0.25, 0.3) is 0 Å². The van der Waals surface area contributed by atoms with E-state index in [-0.39, 0.29) is 35.9 Å². The average molecular weight is 480 g/mol. The van der Waals surface area contributed by atoms with Crippen molar-refractivity contribution in [2.75, 3.05) is 7.05 Å². The summed E-state index contributed by atoms with van der Waals surface area (Å²) >= 11 is 0. The number of Topliss-reactive ketones (excluding diaryl/α,β-unsaturated/α-hetero) is 1. The van der Waals surface area contributed by atoms with E-state index in [1.165, 1.54) is 11.8 Å². The molecule has 0 radical (unpaired) electrons. The lowest BCUT2D eigenvalue weighted by Gasteiger charge is -2.54. The summed E-state index contributed by atoms with van der Waals surface area (Å²) in [6.07, 6.45) is 10.2. The Bertz CT molecular complexity index is 990. The highest BCUT2D eigenvalue weighted by atomic mass is 16.3. The van der Waals surface area contributed by atoms with Crippen LogP contribution in [0.4, 0.5) is 0 Å². The minimum atomic E-state index is -1.40. The van der Waals surface area contributed by atoms with Gasteiger partial charge in [-0.15, -0.1) is 0 Å². The Hall–Kier alpha value is -2.18. The number of aromatic nitrogens is 1. The standard InChI is InChI=1S/C29H41N3O3/c1-19-11-13-29(35,26(34)10-8-22-6-4-5-15-32-22)14-12-25(33)27-23(19)9-7-21-16-24(31-3)20(18-30)17-28(21,27)2/h4-6,15-16,18-20,23,25,27,30,33,35H,7-14,17H2,1-3H3. The number of ketones is 1. The van der Waals surface area contributed by atoms with E-state index in [0.29, 0.717) is 31.1 Å². The van der Waals surface area contributed by atoms with E-state index < -0.39 is 11.7 Å². The van der Waals surface area contributed by atoms with Crippen molar-refractivity contribution < 1.29 is 15.0 Å². The first kappa shape index (κ1) is 25.9. The summed E-state index contributed by atoms with van der Waals surface area (Å²) < 4.78 is 0. The van der Waals surface area contributed by atoms with Crippen LogP contribution in [0.25, 0.3) is 0 Å². The van der Waals surface area contributed by atoms with Gasteiger partial charge < -0.3 is 15.6 Å². The Kier molecular flexibility index (Phi) is 7.72. The largest absolute Gasteiger partial charge is 0.393 e. The summed E-state index contributed by atoms with van der Waals surface area (Å²) in [6, 6.07) is 5.67. The lowest BCUT2D eigenvalue weighted by Crippen LogP contribution is -2.50. The van der Waals surface area contributed by atoms with Crippen LogP contribution in [0, 0.1) is 34.5 Å². The quantitative estimate of drug-likeness (QED) is 0.537. The fourth-order valence-corrected chi connectivity index (χ4v) is 7.22. The van der Waals surface area contributed by atoms with E-state index in [4.69, 9.17) is 5.41 Å². The van der Waals surface area contributed by atoms with Crippen LogP contribution in [0.5, 0.6) is 0 Å². The van der Waals surface area contributed by atoms with Gasteiger partial charge in [0.05, 0.1) is 6.10 Å². The maximum atomic E-state index is 13.2. The van der Waals surface area contributed by atoms with Gasteiger partial charge in [-0.05, 0) is 92.7 Å². The first-order valence-electron chi connectivity index (χ1n) is 13.2. The maximum absolute atomic E-state index is 13.2. The molecule has 1 aromatic rings. The number of aliphatic imine (C=N–C) groups is 1. The van der Waals surface area contributed by atoms with E-state index in [2.05, 4.69) is 29.9 Å². The number of hydrogen-bond acceptors (Lipinski definition) is 6. The number of aryl methyl sites for hydroxylation is 1. The number of aliphatic hydroxyl groups is 2. The van der Waals surface area contributed by atoms with Crippen molar-refractivity contribution in [1.29, 1.82) is 5.41 Å². The Balaban J connectivity index is 1.56. The molecule has 35 heavy (non-hydrogen) atoms. The van der Waals surface area contributed by atoms with E-state index in [1.807, 2.05) is 18.2 Å². The third kappa shape index (κ3) is 5.05. The van der Waals surface area contributed by atoms with Crippen LogP contribution >= 0.6 is 0 Å². The predicted octanol–water partition coefficient (Wildman–Crippen LogP) is 4.58. The molecule has 0 aromatic carbocycles. The molecule has 1 aromatic heterocycles. The number of carbonyl (C=O) groups excluding carboxylic acids is 1. The molecule has 0 amide bonds. The molecule has 3 N–H and O–H groups in total. The minimum Gasteiger partial charge on any atom is -0.393 e. The molecule has 3 aliphatic carbocycles. The molecule has 4 rings (SSSR count). The fourth-order valence-electron chi connectivity index (χ4n) is 7.22. The van der Waals surface area contributed by atoms with Crippen LogP contribution in [0.15, 0.2) is 41.0 Å². The summed E-state index contributed by atoms with van der Waals surface area (Å²) in [4.78, 5) is 22.0. The molecule has 0 aliphatic heterocycles. The molecular weight excluding hydrogens is 438 g/mol. The molecule has 7 atom stereocenters. The van der Waals surface area contributed by atoms with Crippen LogP contribution in [0.3, 0.4) is 0 Å². The highest BCUT2D eigenvalue weighted by molar-refractivity contribution is 6.06. The predicted molar refractivity (Wildman–Crippen MR) is 139 cm³/mol. The van der Waals surface area contributed by atoms with Gasteiger partial charge in [-0.1, -0.05) is 25.5 Å². The summed E-state index contributed by atoms with van der Waals surface area (Å²) in [6.45, 7) is 4.49. The number of aliphatic hydroxyl groups excluding tert-OH is 1. The monoisotopic (exact) mass is 479 g/mol. The van der Waals surface area contributed by atoms with Gasteiger partial charge in [0.2, 0.25) is 0 Å². The molecular formula is C29H41N3O3. The molecule has 3 aliphatic rings. The number of rotatable bonds is 5. The van der Waals surface area contributed by atoms with Crippen molar-refractivity contribution in [2.45, 2.75) is 83.3 Å². The van der Waals surface area contributed by atoms with Crippen LogP contribution in [0.1, 0.15) is 70.9 Å². The van der Waals surface area contributed by atoms with Gasteiger partial charge >= 0.3 is 0 Å². The first-order chi connectivity index (χ1) is 16.7. The van der Waals surface area contributed by atoms with Gasteiger partial charge in [0.15, 0.2) is 5.78 Å². The molecule has 1 heterocycles. The molecule has 2 saturated carbocycles. The number of allylic oxidation sites excluding steroid dienone is 2. The SMILES string of the molecule is CN=C1C=C2CCC3C(C)CCC(O)(C(=O)CCc4ccccn4)CCC(O)C3C2(C)CC1C=N. The third-order valence-electron chi connectivity index (χ3n) is 9.35. The topological polar surface area (TPSA) is 107 Å². The number of pyridine rings is 1. The molecule has 7 unspecified atom stereocenters. The molecule has 6 nitrogen and oxygen atoms in total. The molecule has 0 bridgehead atoms. The Labute approximate surface area is 209 Å². The summed E-state index contributed by atoms with van der Waals surface area (Å²) in [5.74, 6) is 0.493. The van der Waals surface area contributed by atoms with Crippen molar-refractivity contribution in [1.82, 2.24) is 4.98 Å². The van der Waals surface area contributed by atoms with E-state index in [0.717, 1.165) is 37.1 Å². The van der Waals surface area contributed by atoms with Gasteiger partial charge in [0.1, 0.15) is 5.60 Å². The van der Waals surface area contributed by atoms with Crippen LogP contribution in [-0.2, 0) is 11.2 Å². The summed E-state index contributed by atoms with van der Waals surface area (Å²) in [5.41, 5.74) is 1.54. The van der Waals surface area contributed by atoms with Gasteiger partial charge in [-0.25, -0.2) is 0 Å². The van der Waals surface area contributed by atoms with Crippen molar-refractivity contribution in [3.05, 3.63) is 41.7 Å². The summed E-state index contributed by atoms with van der Waals surface area (Å²) in [7, 11) is 1.79. The number of fused-ring (bicyclic) bond motifs is 3. The second-order valence-electron chi connectivity index (χ2n) is 11.3. The third-order valence-corrected chi connectivity index (χ3v) is 9.35. The fraction of sp³-hybridized carbons (Fsp3) is 0.655. The minimum absolute atomic E-state index is 0.0345. The number of nitrogens with one attached hydrogen (secondary N) is 1. The molecule has 0 saturated heterocycles. The second kappa shape index (κ2) is 10.4. The Morgan fingerprint density at radius 1 is 1.29 bits per heavy atom. The maximum Gasteiger partial charge on any atom is 0.164 e. The number of carbonyl (C=O) groups is 1. The zero-order valence-electron chi connectivity index (χ0n) is 21.4.